The first kappa shape index (κ1) is 27.6. The van der Waals surface area contributed by atoms with Crippen molar-refractivity contribution in [3.05, 3.63) is 122 Å². The standard InChI is InChI=1S/C30H24F2O6/c1-19(2)29(33)37-15-13-35-24-9-5-21(6-10-24)25-11-7-22(17-26(25)31)23-8-12-28(27(32)18-23)36-14-16-38-30(34)20(3)4/h5-18H,1,3H2,2,4H3/b15-13-,16-14-. The Balaban J connectivity index is 1.65. The number of carbonyl (C=O) groups excluding carboxylic acids is 2. The van der Waals surface area contributed by atoms with E-state index >= 15 is 0 Å². The predicted molar refractivity (Wildman–Crippen MR) is 139 cm³/mol. The first-order chi connectivity index (χ1) is 18.2. The molecule has 0 amide bonds. The first-order valence-electron chi connectivity index (χ1n) is 11.2. The van der Waals surface area contributed by atoms with Gasteiger partial charge in [-0.15, -0.1) is 0 Å². The normalized spacial score (nSPS) is 10.8. The maximum atomic E-state index is 14.9. The second-order valence-corrected chi connectivity index (χ2v) is 8.02. The van der Waals surface area contributed by atoms with Crippen molar-refractivity contribution >= 4 is 11.9 Å². The number of esters is 2. The van der Waals surface area contributed by atoms with Crippen LogP contribution in [0, 0.1) is 11.6 Å². The van der Waals surface area contributed by atoms with Gasteiger partial charge in [-0.25, -0.2) is 18.4 Å². The maximum absolute atomic E-state index is 14.9. The maximum Gasteiger partial charge on any atom is 0.338 e. The highest BCUT2D eigenvalue weighted by Gasteiger charge is 2.11. The van der Waals surface area contributed by atoms with Crippen LogP contribution in [0.15, 0.2) is 110 Å². The van der Waals surface area contributed by atoms with Crippen LogP contribution in [0.1, 0.15) is 13.8 Å². The minimum atomic E-state index is -0.679. The molecule has 38 heavy (non-hydrogen) atoms. The van der Waals surface area contributed by atoms with Crippen molar-refractivity contribution in [3.63, 3.8) is 0 Å². The SMILES string of the molecule is C=C(C)C(=O)O/C=C\Oc1ccc(-c2ccc(-c3ccc(O/C=C\OC(=O)C(=C)C)c(F)c3)cc2F)cc1. The Morgan fingerprint density at radius 2 is 1.16 bits per heavy atom. The highest BCUT2D eigenvalue weighted by atomic mass is 19.1. The van der Waals surface area contributed by atoms with E-state index in [4.69, 9.17) is 18.9 Å². The number of hydrogen-bond donors (Lipinski definition) is 0. The van der Waals surface area contributed by atoms with E-state index in [2.05, 4.69) is 13.2 Å². The Labute approximate surface area is 218 Å². The van der Waals surface area contributed by atoms with Gasteiger partial charge in [0.15, 0.2) is 11.6 Å². The van der Waals surface area contributed by atoms with Gasteiger partial charge in [-0.3, -0.25) is 0 Å². The van der Waals surface area contributed by atoms with Gasteiger partial charge in [-0.05, 0) is 60.9 Å². The van der Waals surface area contributed by atoms with Gasteiger partial charge in [-0.2, -0.15) is 0 Å². The van der Waals surface area contributed by atoms with Crippen LogP contribution in [0.3, 0.4) is 0 Å². The van der Waals surface area contributed by atoms with E-state index in [0.29, 0.717) is 28.0 Å². The molecule has 3 aromatic rings. The van der Waals surface area contributed by atoms with Gasteiger partial charge in [0.2, 0.25) is 0 Å². The molecule has 0 N–H and O–H groups in total. The summed E-state index contributed by atoms with van der Waals surface area (Å²) in [5, 5.41) is 0. The zero-order chi connectivity index (χ0) is 27.7. The van der Waals surface area contributed by atoms with E-state index < -0.39 is 23.6 Å². The van der Waals surface area contributed by atoms with Gasteiger partial charge in [-0.1, -0.05) is 43.5 Å². The van der Waals surface area contributed by atoms with E-state index in [9.17, 15) is 18.4 Å². The van der Waals surface area contributed by atoms with E-state index in [-0.39, 0.29) is 16.9 Å². The number of rotatable bonds is 10. The van der Waals surface area contributed by atoms with Crippen LogP contribution in [-0.2, 0) is 19.1 Å². The molecule has 0 atom stereocenters. The molecule has 0 aromatic heterocycles. The third kappa shape index (κ3) is 7.51. The van der Waals surface area contributed by atoms with Crippen LogP contribution in [0.5, 0.6) is 11.5 Å². The molecule has 0 fully saturated rings. The molecule has 6 nitrogen and oxygen atoms in total. The average molecular weight is 519 g/mol. The fourth-order valence-corrected chi connectivity index (χ4v) is 3.01. The summed E-state index contributed by atoms with van der Waals surface area (Å²) in [5.41, 5.74) is 2.34. The molecule has 0 bridgehead atoms. The average Bonchev–Trinajstić information content (AvgIpc) is 2.89. The topological polar surface area (TPSA) is 71.1 Å². The smallest absolute Gasteiger partial charge is 0.338 e. The molecule has 8 heteroatoms. The van der Waals surface area contributed by atoms with Crippen molar-refractivity contribution in [1.29, 1.82) is 0 Å². The van der Waals surface area contributed by atoms with Gasteiger partial charge in [0, 0.05) is 16.7 Å². The molecule has 194 valence electrons. The zero-order valence-corrected chi connectivity index (χ0v) is 20.7. The summed E-state index contributed by atoms with van der Waals surface area (Å²) in [6.07, 6.45) is 4.31. The molecule has 0 aliphatic heterocycles. The Morgan fingerprint density at radius 1 is 0.658 bits per heavy atom. The third-order valence-corrected chi connectivity index (χ3v) is 4.96. The van der Waals surface area contributed by atoms with Crippen molar-refractivity contribution in [1.82, 2.24) is 0 Å². The largest absolute Gasteiger partial charge is 0.462 e. The number of halogens is 2. The monoisotopic (exact) mass is 518 g/mol. The van der Waals surface area contributed by atoms with Crippen LogP contribution in [0.25, 0.3) is 22.3 Å². The van der Waals surface area contributed by atoms with Gasteiger partial charge >= 0.3 is 11.9 Å². The molecule has 3 rings (SSSR count). The van der Waals surface area contributed by atoms with E-state index in [1.807, 2.05) is 0 Å². The lowest BCUT2D eigenvalue weighted by atomic mass is 9.99. The second-order valence-electron chi connectivity index (χ2n) is 8.02. The highest BCUT2D eigenvalue weighted by Crippen LogP contribution is 2.31. The van der Waals surface area contributed by atoms with Gasteiger partial charge in [0.1, 0.15) is 36.6 Å². The molecule has 0 spiro atoms. The molecule has 0 aliphatic carbocycles. The van der Waals surface area contributed by atoms with Crippen LogP contribution in [0.2, 0.25) is 0 Å². The Bertz CT molecular complexity index is 1420. The molecular formula is C30H24F2O6. The number of ether oxygens (including phenoxy) is 4. The van der Waals surface area contributed by atoms with Crippen LogP contribution in [-0.4, -0.2) is 11.9 Å². The lowest BCUT2D eigenvalue weighted by molar-refractivity contribution is -0.134. The summed E-state index contributed by atoms with van der Waals surface area (Å²) in [5.74, 6) is -2.02. The van der Waals surface area contributed by atoms with E-state index in [0.717, 1.165) is 18.8 Å². The number of benzene rings is 3. The summed E-state index contributed by atoms with van der Waals surface area (Å²) in [7, 11) is 0. The van der Waals surface area contributed by atoms with Crippen molar-refractivity contribution in [2.45, 2.75) is 13.8 Å². The summed E-state index contributed by atoms with van der Waals surface area (Å²) >= 11 is 0. The summed E-state index contributed by atoms with van der Waals surface area (Å²) < 4.78 is 49.4. The highest BCUT2D eigenvalue weighted by molar-refractivity contribution is 5.87. The fourth-order valence-electron chi connectivity index (χ4n) is 3.01. The summed E-state index contributed by atoms with van der Waals surface area (Å²) in [6, 6.07) is 15.4. The molecule has 0 heterocycles. The molecule has 0 unspecified atom stereocenters. The van der Waals surface area contributed by atoms with Crippen molar-refractivity contribution in [2.75, 3.05) is 0 Å². The van der Waals surface area contributed by atoms with Gasteiger partial charge in [0.05, 0.1) is 0 Å². The molecule has 0 aliphatic rings. The van der Waals surface area contributed by atoms with Crippen molar-refractivity contribution < 1.29 is 37.3 Å². The Kier molecular flexibility index (Phi) is 9.31. The van der Waals surface area contributed by atoms with Crippen molar-refractivity contribution in [2.24, 2.45) is 0 Å². The first-order valence-corrected chi connectivity index (χ1v) is 11.2. The number of carbonyl (C=O) groups is 2. The lowest BCUT2D eigenvalue weighted by Gasteiger charge is -2.09. The third-order valence-electron chi connectivity index (χ3n) is 4.96. The van der Waals surface area contributed by atoms with E-state index in [1.165, 1.54) is 38.3 Å². The van der Waals surface area contributed by atoms with Crippen LogP contribution < -0.4 is 9.47 Å². The quantitative estimate of drug-likeness (QED) is 0.160. The molecular weight excluding hydrogens is 494 g/mol. The fraction of sp³-hybridized carbons (Fsp3) is 0.0667. The van der Waals surface area contributed by atoms with Gasteiger partial charge in [0.25, 0.3) is 0 Å². The Hall–Kier alpha value is -4.98. The van der Waals surface area contributed by atoms with Gasteiger partial charge < -0.3 is 18.9 Å². The zero-order valence-electron chi connectivity index (χ0n) is 20.7. The molecule has 3 aromatic carbocycles. The summed E-state index contributed by atoms with van der Waals surface area (Å²) in [6.45, 7) is 9.93. The lowest BCUT2D eigenvalue weighted by Crippen LogP contribution is -1.99. The summed E-state index contributed by atoms with van der Waals surface area (Å²) in [4.78, 5) is 22.6. The Morgan fingerprint density at radius 3 is 1.68 bits per heavy atom. The molecule has 0 saturated heterocycles. The molecule has 0 radical (unpaired) electrons. The second kappa shape index (κ2) is 12.8. The van der Waals surface area contributed by atoms with E-state index in [1.54, 1.807) is 42.5 Å². The molecule has 0 saturated carbocycles. The van der Waals surface area contributed by atoms with Crippen LogP contribution in [0.4, 0.5) is 8.78 Å². The minimum absolute atomic E-state index is 0.0976. The van der Waals surface area contributed by atoms with Crippen LogP contribution >= 0.6 is 0 Å². The minimum Gasteiger partial charge on any atom is -0.462 e. The number of hydrogen-bond acceptors (Lipinski definition) is 6. The predicted octanol–water partition coefficient (Wildman–Crippen LogP) is 7.24. The van der Waals surface area contributed by atoms with Crippen molar-refractivity contribution in [3.8, 4) is 33.8 Å².